The van der Waals surface area contributed by atoms with E-state index in [2.05, 4.69) is 5.32 Å². The van der Waals surface area contributed by atoms with E-state index in [1.54, 1.807) is 24.3 Å². The molecule has 2 aromatic carbocycles. The van der Waals surface area contributed by atoms with Crippen molar-refractivity contribution in [3.8, 4) is 5.75 Å². The quantitative estimate of drug-likeness (QED) is 0.681. The zero-order chi connectivity index (χ0) is 19.0. The fourth-order valence-electron chi connectivity index (χ4n) is 2.57. The first-order valence-corrected chi connectivity index (χ1v) is 10.6. The van der Waals surface area contributed by atoms with E-state index in [4.69, 9.17) is 4.74 Å². The summed E-state index contributed by atoms with van der Waals surface area (Å²) < 4.78 is 28.6. The normalized spacial score (nSPS) is 12.4. The Balaban J connectivity index is 1.82. The van der Waals surface area contributed by atoms with Crippen LogP contribution in [-0.2, 0) is 14.6 Å². The van der Waals surface area contributed by atoms with Crippen molar-refractivity contribution in [2.24, 2.45) is 0 Å². The first kappa shape index (κ1) is 20.0. The maximum Gasteiger partial charge on any atom is 0.220 e. The number of nitrogens with one attached hydrogen (secondary N) is 1. The Morgan fingerprint density at radius 1 is 1.08 bits per heavy atom. The van der Waals surface area contributed by atoms with Crippen LogP contribution in [0.15, 0.2) is 59.5 Å². The zero-order valence-corrected chi connectivity index (χ0v) is 16.0. The van der Waals surface area contributed by atoms with Crippen LogP contribution in [-0.4, -0.2) is 27.2 Å². The van der Waals surface area contributed by atoms with Crippen molar-refractivity contribution in [3.05, 3.63) is 60.2 Å². The molecule has 0 aliphatic carbocycles. The summed E-state index contributed by atoms with van der Waals surface area (Å²) in [6.07, 6.45) is 2.91. The lowest BCUT2D eigenvalue weighted by molar-refractivity contribution is -0.122. The highest BCUT2D eigenvalue weighted by atomic mass is 32.2. The molecule has 140 valence electrons. The molecule has 2 aromatic rings. The molecule has 0 saturated carbocycles. The molecule has 1 amide bonds. The molecule has 0 aromatic heterocycles. The van der Waals surface area contributed by atoms with Crippen LogP contribution in [0.2, 0.25) is 0 Å². The van der Waals surface area contributed by atoms with Gasteiger partial charge in [-0.3, -0.25) is 4.79 Å². The Bertz CT molecular complexity index is 801. The molecule has 1 unspecified atom stereocenters. The monoisotopic (exact) mass is 375 g/mol. The molecular weight excluding hydrogens is 350 g/mol. The molecule has 6 heteroatoms. The third kappa shape index (κ3) is 6.19. The van der Waals surface area contributed by atoms with Crippen LogP contribution in [0.4, 0.5) is 0 Å². The molecule has 0 heterocycles. The first-order chi connectivity index (χ1) is 12.4. The summed E-state index contributed by atoms with van der Waals surface area (Å²) >= 11 is 0. The number of sulfone groups is 1. The van der Waals surface area contributed by atoms with Crippen molar-refractivity contribution < 1.29 is 17.9 Å². The lowest BCUT2D eigenvalue weighted by Crippen LogP contribution is -2.28. The number of rotatable bonds is 9. The van der Waals surface area contributed by atoms with Crippen LogP contribution < -0.4 is 10.1 Å². The third-order valence-electron chi connectivity index (χ3n) is 4.01. The molecule has 0 saturated heterocycles. The molecule has 5 nitrogen and oxygen atoms in total. The van der Waals surface area contributed by atoms with Gasteiger partial charge >= 0.3 is 0 Å². The molecule has 0 spiro atoms. The van der Waals surface area contributed by atoms with Gasteiger partial charge in [-0.2, -0.15) is 0 Å². The minimum atomic E-state index is -3.21. The van der Waals surface area contributed by atoms with Crippen LogP contribution in [0, 0.1) is 0 Å². The van der Waals surface area contributed by atoms with Crippen molar-refractivity contribution in [2.75, 3.05) is 12.9 Å². The average molecular weight is 375 g/mol. The van der Waals surface area contributed by atoms with Gasteiger partial charge in [-0.15, -0.1) is 0 Å². The highest BCUT2D eigenvalue weighted by Crippen LogP contribution is 2.19. The topological polar surface area (TPSA) is 72.5 Å². The number of carbonyl (C=O) groups is 1. The minimum absolute atomic E-state index is 0.0410. The van der Waals surface area contributed by atoms with Gasteiger partial charge in [-0.1, -0.05) is 37.3 Å². The number of para-hydroxylation sites is 1. The molecular formula is C20H25NO4S. The molecule has 0 aliphatic rings. The Kier molecular flexibility index (Phi) is 7.21. The Morgan fingerprint density at radius 2 is 1.73 bits per heavy atom. The van der Waals surface area contributed by atoms with Crippen LogP contribution in [0.5, 0.6) is 5.75 Å². The van der Waals surface area contributed by atoms with Crippen LogP contribution in [0.3, 0.4) is 0 Å². The van der Waals surface area contributed by atoms with Gasteiger partial charge < -0.3 is 10.1 Å². The summed E-state index contributed by atoms with van der Waals surface area (Å²) in [5.74, 6) is 0.756. The summed E-state index contributed by atoms with van der Waals surface area (Å²) in [6, 6.07) is 16.0. The fraction of sp³-hybridized carbons (Fsp3) is 0.350. The van der Waals surface area contributed by atoms with E-state index in [9.17, 15) is 13.2 Å². The molecule has 0 bridgehead atoms. The highest BCUT2D eigenvalue weighted by molar-refractivity contribution is 7.90. The number of ether oxygens (including phenoxy) is 1. The maximum atomic E-state index is 12.2. The summed E-state index contributed by atoms with van der Waals surface area (Å²) in [5.41, 5.74) is 0.897. The standard InChI is InChI=1S/C20H25NO4S/c1-3-19(16-11-13-18(14-12-16)26(2,23)24)21-20(22)10-7-15-25-17-8-5-4-6-9-17/h4-6,8-9,11-14,19H,3,7,10,15H2,1-2H3,(H,21,22). The number of hydrogen-bond acceptors (Lipinski definition) is 4. The molecule has 26 heavy (non-hydrogen) atoms. The molecule has 1 N–H and O–H groups in total. The molecule has 1 atom stereocenters. The number of carbonyl (C=O) groups excluding carboxylic acids is 1. The smallest absolute Gasteiger partial charge is 0.220 e. The van der Waals surface area contributed by atoms with Crippen LogP contribution in [0.25, 0.3) is 0 Å². The fourth-order valence-corrected chi connectivity index (χ4v) is 3.20. The SMILES string of the molecule is CCC(NC(=O)CCCOc1ccccc1)c1ccc(S(C)(=O)=O)cc1. The van der Waals surface area contributed by atoms with Crippen molar-refractivity contribution in [1.82, 2.24) is 5.32 Å². The molecule has 2 rings (SSSR count). The lowest BCUT2D eigenvalue weighted by atomic mass is 10.0. The van der Waals surface area contributed by atoms with Gasteiger partial charge in [0.1, 0.15) is 5.75 Å². The average Bonchev–Trinajstić information content (AvgIpc) is 2.63. The van der Waals surface area contributed by atoms with E-state index >= 15 is 0 Å². The van der Waals surface area contributed by atoms with E-state index < -0.39 is 9.84 Å². The van der Waals surface area contributed by atoms with Gasteiger partial charge in [0.2, 0.25) is 5.91 Å². The van der Waals surface area contributed by atoms with Crippen molar-refractivity contribution in [1.29, 1.82) is 0 Å². The molecule has 0 fully saturated rings. The highest BCUT2D eigenvalue weighted by Gasteiger charge is 2.14. The number of benzene rings is 2. The third-order valence-corrected chi connectivity index (χ3v) is 5.14. The summed E-state index contributed by atoms with van der Waals surface area (Å²) in [5, 5.41) is 3.00. The second-order valence-electron chi connectivity index (χ2n) is 6.13. The summed E-state index contributed by atoms with van der Waals surface area (Å²) in [4.78, 5) is 12.4. The predicted octanol–water partition coefficient (Wildman–Crippen LogP) is 3.52. The van der Waals surface area contributed by atoms with Gasteiger partial charge in [-0.25, -0.2) is 8.42 Å². The van der Waals surface area contributed by atoms with Gasteiger partial charge in [0.15, 0.2) is 9.84 Å². The number of amides is 1. The van der Waals surface area contributed by atoms with E-state index in [1.807, 2.05) is 37.3 Å². The van der Waals surface area contributed by atoms with E-state index in [0.29, 0.717) is 19.4 Å². The van der Waals surface area contributed by atoms with Crippen molar-refractivity contribution in [3.63, 3.8) is 0 Å². The lowest BCUT2D eigenvalue weighted by Gasteiger charge is -2.18. The van der Waals surface area contributed by atoms with Gasteiger partial charge in [0.25, 0.3) is 0 Å². The van der Waals surface area contributed by atoms with Crippen molar-refractivity contribution in [2.45, 2.75) is 37.1 Å². The first-order valence-electron chi connectivity index (χ1n) is 8.67. The molecule has 0 aliphatic heterocycles. The zero-order valence-electron chi connectivity index (χ0n) is 15.1. The van der Waals surface area contributed by atoms with Gasteiger partial charge in [0.05, 0.1) is 17.5 Å². The second kappa shape index (κ2) is 9.38. The summed E-state index contributed by atoms with van der Waals surface area (Å²) in [7, 11) is -3.21. The summed E-state index contributed by atoms with van der Waals surface area (Å²) in [6.45, 7) is 2.46. The largest absolute Gasteiger partial charge is 0.494 e. The Hall–Kier alpha value is -2.34. The van der Waals surface area contributed by atoms with Gasteiger partial charge in [0, 0.05) is 12.7 Å². The maximum absolute atomic E-state index is 12.2. The van der Waals surface area contributed by atoms with E-state index in [1.165, 1.54) is 6.26 Å². The minimum Gasteiger partial charge on any atom is -0.494 e. The Morgan fingerprint density at radius 3 is 2.31 bits per heavy atom. The van der Waals surface area contributed by atoms with E-state index in [-0.39, 0.29) is 16.8 Å². The van der Waals surface area contributed by atoms with Gasteiger partial charge in [-0.05, 0) is 42.7 Å². The Labute approximate surface area is 155 Å². The van der Waals surface area contributed by atoms with Crippen molar-refractivity contribution >= 4 is 15.7 Å². The van der Waals surface area contributed by atoms with Crippen LogP contribution in [0.1, 0.15) is 37.8 Å². The molecule has 0 radical (unpaired) electrons. The number of hydrogen-bond donors (Lipinski definition) is 1. The predicted molar refractivity (Wildman–Crippen MR) is 102 cm³/mol. The second-order valence-corrected chi connectivity index (χ2v) is 8.15. The van der Waals surface area contributed by atoms with Crippen LogP contribution >= 0.6 is 0 Å². The van der Waals surface area contributed by atoms with E-state index in [0.717, 1.165) is 17.7 Å².